The number of aryl methyl sites for hydroxylation is 2. The number of anilines is 2. The number of benzene rings is 1. The Morgan fingerprint density at radius 3 is 3.00 bits per heavy atom. The van der Waals surface area contributed by atoms with Gasteiger partial charge in [0.1, 0.15) is 5.82 Å². The van der Waals surface area contributed by atoms with Crippen molar-refractivity contribution >= 4 is 24.5 Å². The maximum absolute atomic E-state index is 5.71. The van der Waals surface area contributed by atoms with E-state index in [1.807, 2.05) is 13.0 Å². The van der Waals surface area contributed by atoms with Crippen LogP contribution in [0.2, 0.25) is 0 Å². The topological polar surface area (TPSA) is 76.7 Å². The number of hydrogen-bond acceptors (Lipinski definition) is 6. The SMILES string of the molecule is CCc1nc(N)nc(NC2CCc3ccc(S)cc32)n1. The Hall–Kier alpha value is -1.82. The Balaban J connectivity index is 1.87. The summed E-state index contributed by atoms with van der Waals surface area (Å²) in [7, 11) is 0. The van der Waals surface area contributed by atoms with Crippen LogP contribution >= 0.6 is 12.6 Å². The molecule has 0 saturated heterocycles. The minimum atomic E-state index is 0.212. The summed E-state index contributed by atoms with van der Waals surface area (Å²) < 4.78 is 0. The fourth-order valence-electron chi connectivity index (χ4n) is 2.56. The van der Waals surface area contributed by atoms with E-state index in [2.05, 4.69) is 45.0 Å². The van der Waals surface area contributed by atoms with Crippen LogP contribution < -0.4 is 11.1 Å². The van der Waals surface area contributed by atoms with Gasteiger partial charge < -0.3 is 11.1 Å². The van der Waals surface area contributed by atoms with Crippen molar-refractivity contribution in [3.8, 4) is 0 Å². The highest BCUT2D eigenvalue weighted by Gasteiger charge is 2.23. The number of nitrogen functional groups attached to an aromatic ring is 1. The lowest BCUT2D eigenvalue weighted by atomic mass is 10.1. The van der Waals surface area contributed by atoms with Crippen molar-refractivity contribution in [1.82, 2.24) is 15.0 Å². The van der Waals surface area contributed by atoms with Gasteiger partial charge in [0.25, 0.3) is 0 Å². The minimum Gasteiger partial charge on any atom is -0.368 e. The highest BCUT2D eigenvalue weighted by Crippen LogP contribution is 2.34. The van der Waals surface area contributed by atoms with Crippen LogP contribution in [0.15, 0.2) is 23.1 Å². The van der Waals surface area contributed by atoms with Crippen molar-refractivity contribution in [2.75, 3.05) is 11.1 Å². The normalized spacial score (nSPS) is 17.0. The highest BCUT2D eigenvalue weighted by atomic mass is 32.1. The number of thiol groups is 1. The lowest BCUT2D eigenvalue weighted by molar-refractivity contribution is 0.744. The third kappa shape index (κ3) is 2.56. The second kappa shape index (κ2) is 5.28. The first-order valence-corrected chi connectivity index (χ1v) is 7.19. The second-order valence-corrected chi connectivity index (χ2v) is 5.42. The molecule has 1 unspecified atom stereocenters. The van der Waals surface area contributed by atoms with Crippen LogP contribution in [0.3, 0.4) is 0 Å². The van der Waals surface area contributed by atoms with E-state index in [-0.39, 0.29) is 12.0 Å². The maximum Gasteiger partial charge on any atom is 0.228 e. The van der Waals surface area contributed by atoms with Crippen molar-refractivity contribution in [2.45, 2.75) is 37.1 Å². The number of fused-ring (bicyclic) bond motifs is 1. The third-order valence-corrected chi connectivity index (χ3v) is 3.80. The lowest BCUT2D eigenvalue weighted by Gasteiger charge is -2.15. The van der Waals surface area contributed by atoms with Crippen molar-refractivity contribution in [3.05, 3.63) is 35.2 Å². The Bertz CT molecular complexity index is 643. The van der Waals surface area contributed by atoms with Gasteiger partial charge in [-0.3, -0.25) is 0 Å². The van der Waals surface area contributed by atoms with Crippen LogP contribution in [-0.4, -0.2) is 15.0 Å². The predicted octanol–water partition coefficient (Wildman–Crippen LogP) is 2.40. The van der Waals surface area contributed by atoms with E-state index >= 15 is 0 Å². The minimum absolute atomic E-state index is 0.212. The van der Waals surface area contributed by atoms with Crippen LogP contribution in [0, 0.1) is 0 Å². The fourth-order valence-corrected chi connectivity index (χ4v) is 2.77. The van der Waals surface area contributed by atoms with Gasteiger partial charge in [0.15, 0.2) is 0 Å². The van der Waals surface area contributed by atoms with Gasteiger partial charge in [0, 0.05) is 11.3 Å². The van der Waals surface area contributed by atoms with Crippen LogP contribution in [-0.2, 0) is 12.8 Å². The number of nitrogens with one attached hydrogen (secondary N) is 1. The summed E-state index contributed by atoms with van der Waals surface area (Å²) in [4.78, 5) is 13.6. The average molecular weight is 287 g/mol. The van der Waals surface area contributed by atoms with E-state index in [0.29, 0.717) is 11.8 Å². The van der Waals surface area contributed by atoms with Gasteiger partial charge in [0.05, 0.1) is 6.04 Å². The van der Waals surface area contributed by atoms with Crippen molar-refractivity contribution in [2.24, 2.45) is 0 Å². The van der Waals surface area contributed by atoms with Gasteiger partial charge in [0.2, 0.25) is 11.9 Å². The van der Waals surface area contributed by atoms with E-state index in [4.69, 9.17) is 5.73 Å². The summed E-state index contributed by atoms with van der Waals surface area (Å²) in [5.74, 6) is 1.53. The molecule has 1 atom stereocenters. The molecule has 2 aromatic rings. The molecule has 1 aromatic carbocycles. The summed E-state index contributed by atoms with van der Waals surface area (Å²) in [6.45, 7) is 2.00. The molecule has 5 nitrogen and oxygen atoms in total. The van der Waals surface area contributed by atoms with E-state index in [0.717, 1.165) is 24.2 Å². The molecule has 0 amide bonds. The molecule has 1 aromatic heterocycles. The molecular weight excluding hydrogens is 270 g/mol. The van der Waals surface area contributed by atoms with E-state index in [1.165, 1.54) is 11.1 Å². The first-order valence-electron chi connectivity index (χ1n) is 6.74. The molecule has 3 rings (SSSR count). The quantitative estimate of drug-likeness (QED) is 0.756. The highest BCUT2D eigenvalue weighted by molar-refractivity contribution is 7.80. The zero-order chi connectivity index (χ0) is 14.1. The maximum atomic E-state index is 5.71. The van der Waals surface area contributed by atoms with Crippen LogP contribution in [0.1, 0.15) is 36.3 Å². The zero-order valence-electron chi connectivity index (χ0n) is 11.3. The summed E-state index contributed by atoms with van der Waals surface area (Å²) in [5, 5.41) is 3.36. The van der Waals surface area contributed by atoms with E-state index in [9.17, 15) is 0 Å². The molecule has 20 heavy (non-hydrogen) atoms. The Morgan fingerprint density at radius 2 is 2.20 bits per heavy atom. The van der Waals surface area contributed by atoms with Gasteiger partial charge in [-0.2, -0.15) is 15.0 Å². The standard InChI is InChI=1S/C14H17N5S/c1-2-12-17-13(15)19-14(18-12)16-11-6-4-8-3-5-9(20)7-10(8)11/h3,5,7,11,20H,2,4,6H2,1H3,(H3,15,16,17,18,19). The van der Waals surface area contributed by atoms with Crippen LogP contribution in [0.4, 0.5) is 11.9 Å². The smallest absolute Gasteiger partial charge is 0.228 e. The summed E-state index contributed by atoms with van der Waals surface area (Å²) >= 11 is 4.41. The number of nitrogens with zero attached hydrogens (tertiary/aromatic N) is 3. The molecule has 0 radical (unpaired) electrons. The first-order chi connectivity index (χ1) is 9.65. The molecule has 0 fully saturated rings. The zero-order valence-corrected chi connectivity index (χ0v) is 12.2. The van der Waals surface area contributed by atoms with Gasteiger partial charge in [-0.25, -0.2) is 0 Å². The number of hydrogen-bond donors (Lipinski definition) is 3. The first kappa shape index (κ1) is 13.2. The molecule has 1 aliphatic rings. The average Bonchev–Trinajstić information content (AvgIpc) is 2.80. The molecule has 1 heterocycles. The molecular formula is C14H17N5S. The third-order valence-electron chi connectivity index (χ3n) is 3.53. The van der Waals surface area contributed by atoms with Crippen LogP contribution in [0.25, 0.3) is 0 Å². The van der Waals surface area contributed by atoms with Gasteiger partial charge >= 0.3 is 0 Å². The Labute approximate surface area is 123 Å². The summed E-state index contributed by atoms with van der Waals surface area (Å²) in [6.07, 6.45) is 2.82. The fraction of sp³-hybridized carbons (Fsp3) is 0.357. The van der Waals surface area contributed by atoms with Crippen molar-refractivity contribution < 1.29 is 0 Å². The Kier molecular flexibility index (Phi) is 3.48. The number of nitrogens with two attached hydrogens (primary N) is 1. The molecule has 0 spiro atoms. The molecule has 0 bridgehead atoms. The van der Waals surface area contributed by atoms with Gasteiger partial charge in [-0.15, -0.1) is 12.6 Å². The Morgan fingerprint density at radius 1 is 1.35 bits per heavy atom. The summed E-state index contributed by atoms with van der Waals surface area (Å²) in [5.41, 5.74) is 8.35. The van der Waals surface area contributed by atoms with E-state index < -0.39 is 0 Å². The lowest BCUT2D eigenvalue weighted by Crippen LogP contribution is -2.13. The predicted molar refractivity (Wildman–Crippen MR) is 82.0 cm³/mol. The van der Waals surface area contributed by atoms with Gasteiger partial charge in [-0.05, 0) is 36.1 Å². The second-order valence-electron chi connectivity index (χ2n) is 4.91. The monoisotopic (exact) mass is 287 g/mol. The molecule has 3 N–H and O–H groups in total. The van der Waals surface area contributed by atoms with Crippen molar-refractivity contribution in [1.29, 1.82) is 0 Å². The molecule has 104 valence electrons. The summed E-state index contributed by atoms with van der Waals surface area (Å²) in [6, 6.07) is 6.48. The van der Waals surface area contributed by atoms with Crippen molar-refractivity contribution in [3.63, 3.8) is 0 Å². The molecule has 0 saturated carbocycles. The van der Waals surface area contributed by atoms with Crippen LogP contribution in [0.5, 0.6) is 0 Å². The molecule has 6 heteroatoms. The number of aromatic nitrogens is 3. The van der Waals surface area contributed by atoms with Gasteiger partial charge in [-0.1, -0.05) is 13.0 Å². The largest absolute Gasteiger partial charge is 0.368 e. The molecule has 1 aliphatic carbocycles. The van der Waals surface area contributed by atoms with E-state index in [1.54, 1.807) is 0 Å². The number of rotatable bonds is 3. The molecule has 0 aliphatic heterocycles.